The summed E-state index contributed by atoms with van der Waals surface area (Å²) in [7, 11) is 0. The average molecular weight is 182 g/mol. The predicted molar refractivity (Wildman–Crippen MR) is 55.7 cm³/mol. The van der Waals surface area contributed by atoms with E-state index in [1.807, 2.05) is 0 Å². The van der Waals surface area contributed by atoms with E-state index in [0.29, 0.717) is 0 Å². The van der Waals surface area contributed by atoms with Crippen molar-refractivity contribution in [2.45, 2.75) is 45.1 Å². The summed E-state index contributed by atoms with van der Waals surface area (Å²) in [5.74, 6) is 0. The van der Waals surface area contributed by atoms with Crippen LogP contribution in [0.4, 0.5) is 0 Å². The summed E-state index contributed by atoms with van der Waals surface area (Å²) in [6.07, 6.45) is 7.11. The maximum atomic E-state index is 2.66. The third-order valence-electron chi connectivity index (χ3n) is 3.52. The van der Waals surface area contributed by atoms with Gasteiger partial charge in [-0.1, -0.05) is 6.42 Å². The Morgan fingerprint density at radius 3 is 2.38 bits per heavy atom. The molecule has 2 nitrogen and oxygen atoms in total. The van der Waals surface area contributed by atoms with Crippen LogP contribution in [-0.4, -0.2) is 42.1 Å². The number of nitrogens with zero attached hydrogens (tertiary/aromatic N) is 2. The quantitative estimate of drug-likeness (QED) is 0.643. The first-order chi connectivity index (χ1) is 6.36. The molecule has 2 aliphatic heterocycles. The minimum absolute atomic E-state index is 0.828. The molecule has 2 fully saturated rings. The number of likely N-dealkylation sites (tertiary alicyclic amines) is 2. The van der Waals surface area contributed by atoms with Crippen LogP contribution in [0.25, 0.3) is 0 Å². The van der Waals surface area contributed by atoms with Gasteiger partial charge in [0.05, 0.1) is 6.67 Å². The second kappa shape index (κ2) is 4.43. The normalized spacial score (nSPS) is 32.5. The summed E-state index contributed by atoms with van der Waals surface area (Å²) < 4.78 is 0. The molecular weight excluding hydrogens is 160 g/mol. The van der Waals surface area contributed by atoms with Crippen molar-refractivity contribution < 1.29 is 0 Å². The minimum atomic E-state index is 0.828. The molecule has 0 bridgehead atoms. The number of hydrogen-bond acceptors (Lipinski definition) is 2. The topological polar surface area (TPSA) is 6.48 Å². The maximum absolute atomic E-state index is 2.66. The van der Waals surface area contributed by atoms with E-state index in [0.717, 1.165) is 6.04 Å². The van der Waals surface area contributed by atoms with Crippen molar-refractivity contribution in [3.8, 4) is 0 Å². The van der Waals surface area contributed by atoms with Gasteiger partial charge in [-0.15, -0.1) is 0 Å². The average Bonchev–Trinajstić information content (AvgIpc) is 2.61. The van der Waals surface area contributed by atoms with Gasteiger partial charge in [0.2, 0.25) is 0 Å². The second-order valence-corrected chi connectivity index (χ2v) is 4.62. The molecule has 2 rings (SSSR count). The number of rotatable bonds is 2. The Morgan fingerprint density at radius 2 is 1.69 bits per heavy atom. The maximum Gasteiger partial charge on any atom is 0.0508 e. The van der Waals surface area contributed by atoms with Crippen molar-refractivity contribution in [2.24, 2.45) is 0 Å². The van der Waals surface area contributed by atoms with Crippen molar-refractivity contribution in [3.63, 3.8) is 0 Å². The van der Waals surface area contributed by atoms with Gasteiger partial charge in [-0.2, -0.15) is 0 Å². The lowest BCUT2D eigenvalue weighted by molar-refractivity contribution is 0.0880. The van der Waals surface area contributed by atoms with E-state index in [4.69, 9.17) is 0 Å². The Hall–Kier alpha value is -0.0800. The van der Waals surface area contributed by atoms with Gasteiger partial charge in [-0.25, -0.2) is 0 Å². The third-order valence-corrected chi connectivity index (χ3v) is 3.52. The van der Waals surface area contributed by atoms with Gasteiger partial charge in [0.1, 0.15) is 0 Å². The highest BCUT2D eigenvalue weighted by atomic mass is 15.3. The van der Waals surface area contributed by atoms with Crippen LogP contribution in [0.3, 0.4) is 0 Å². The van der Waals surface area contributed by atoms with E-state index in [2.05, 4.69) is 16.7 Å². The summed E-state index contributed by atoms with van der Waals surface area (Å²) >= 11 is 0. The lowest BCUT2D eigenvalue weighted by Gasteiger charge is -2.36. The molecule has 0 N–H and O–H groups in total. The molecule has 13 heavy (non-hydrogen) atoms. The van der Waals surface area contributed by atoms with E-state index in [1.165, 1.54) is 58.4 Å². The summed E-state index contributed by atoms with van der Waals surface area (Å²) in [5.41, 5.74) is 0. The smallest absolute Gasteiger partial charge is 0.0508 e. The van der Waals surface area contributed by atoms with Crippen LogP contribution in [0.2, 0.25) is 0 Å². The van der Waals surface area contributed by atoms with Crippen molar-refractivity contribution >= 4 is 0 Å². The molecule has 2 heterocycles. The molecule has 0 saturated carbocycles. The van der Waals surface area contributed by atoms with Gasteiger partial charge in [-0.3, -0.25) is 9.80 Å². The lowest BCUT2D eigenvalue weighted by atomic mass is 10.0. The van der Waals surface area contributed by atoms with E-state index in [9.17, 15) is 0 Å². The summed E-state index contributed by atoms with van der Waals surface area (Å²) in [5, 5.41) is 0. The van der Waals surface area contributed by atoms with E-state index < -0.39 is 0 Å². The zero-order valence-corrected chi connectivity index (χ0v) is 8.84. The first kappa shape index (κ1) is 9.47. The molecule has 2 saturated heterocycles. The van der Waals surface area contributed by atoms with Crippen LogP contribution in [0.5, 0.6) is 0 Å². The minimum Gasteiger partial charge on any atom is -0.290 e. The van der Waals surface area contributed by atoms with Gasteiger partial charge < -0.3 is 0 Å². The van der Waals surface area contributed by atoms with Crippen molar-refractivity contribution in [3.05, 3.63) is 0 Å². The van der Waals surface area contributed by atoms with Crippen LogP contribution >= 0.6 is 0 Å². The van der Waals surface area contributed by atoms with Gasteiger partial charge in [0.15, 0.2) is 0 Å². The predicted octanol–water partition coefficient (Wildman–Crippen LogP) is 1.91. The number of piperidine rings is 1. The fourth-order valence-electron chi connectivity index (χ4n) is 2.55. The van der Waals surface area contributed by atoms with Gasteiger partial charge in [0, 0.05) is 6.04 Å². The number of hydrogen-bond donors (Lipinski definition) is 0. The first-order valence-corrected chi connectivity index (χ1v) is 5.82. The van der Waals surface area contributed by atoms with E-state index in [1.54, 1.807) is 0 Å². The fourth-order valence-corrected chi connectivity index (χ4v) is 2.55. The SMILES string of the molecule is CC1CCCCN1CN1CCCC1. The van der Waals surface area contributed by atoms with Crippen molar-refractivity contribution in [2.75, 3.05) is 26.3 Å². The Kier molecular flexibility index (Phi) is 3.23. The molecule has 0 aromatic heterocycles. The van der Waals surface area contributed by atoms with Crippen LogP contribution in [0, 0.1) is 0 Å². The molecule has 0 spiro atoms. The molecule has 2 heteroatoms. The summed E-state index contributed by atoms with van der Waals surface area (Å²) in [4.78, 5) is 5.27. The van der Waals surface area contributed by atoms with Gasteiger partial charge >= 0.3 is 0 Å². The molecule has 0 radical (unpaired) electrons. The Balaban J connectivity index is 1.78. The second-order valence-electron chi connectivity index (χ2n) is 4.62. The Bertz CT molecular complexity index is 152. The molecule has 0 aromatic rings. The monoisotopic (exact) mass is 182 g/mol. The fraction of sp³-hybridized carbons (Fsp3) is 1.00. The molecule has 0 aliphatic carbocycles. The van der Waals surface area contributed by atoms with Gasteiger partial charge in [0.25, 0.3) is 0 Å². The standard InChI is InChI=1S/C11H22N2/c1-11-6-2-3-9-13(11)10-12-7-4-5-8-12/h11H,2-10H2,1H3. The molecular formula is C11H22N2. The Morgan fingerprint density at radius 1 is 1.00 bits per heavy atom. The summed E-state index contributed by atoms with van der Waals surface area (Å²) in [6, 6.07) is 0.828. The Labute approximate surface area is 81.9 Å². The van der Waals surface area contributed by atoms with E-state index >= 15 is 0 Å². The highest BCUT2D eigenvalue weighted by Gasteiger charge is 2.21. The van der Waals surface area contributed by atoms with Crippen LogP contribution in [0.1, 0.15) is 39.0 Å². The highest BCUT2D eigenvalue weighted by molar-refractivity contribution is 4.75. The molecule has 1 unspecified atom stereocenters. The van der Waals surface area contributed by atoms with Crippen molar-refractivity contribution in [1.82, 2.24) is 9.80 Å². The summed E-state index contributed by atoms with van der Waals surface area (Å²) in [6.45, 7) is 7.63. The van der Waals surface area contributed by atoms with Crippen LogP contribution < -0.4 is 0 Å². The van der Waals surface area contributed by atoms with Crippen LogP contribution in [0.15, 0.2) is 0 Å². The molecule has 0 amide bonds. The third kappa shape index (κ3) is 2.44. The molecule has 1 atom stereocenters. The van der Waals surface area contributed by atoms with Crippen LogP contribution in [-0.2, 0) is 0 Å². The molecule has 76 valence electrons. The van der Waals surface area contributed by atoms with E-state index in [-0.39, 0.29) is 0 Å². The molecule has 0 aromatic carbocycles. The highest BCUT2D eigenvalue weighted by Crippen LogP contribution is 2.18. The van der Waals surface area contributed by atoms with Crippen molar-refractivity contribution in [1.29, 1.82) is 0 Å². The largest absolute Gasteiger partial charge is 0.290 e. The first-order valence-electron chi connectivity index (χ1n) is 5.82. The lowest BCUT2D eigenvalue weighted by Crippen LogP contribution is -2.44. The van der Waals surface area contributed by atoms with Gasteiger partial charge in [-0.05, 0) is 52.2 Å². The zero-order valence-electron chi connectivity index (χ0n) is 8.84. The zero-order chi connectivity index (χ0) is 9.10. The molecule has 2 aliphatic rings.